The van der Waals surface area contributed by atoms with Crippen molar-refractivity contribution in [2.45, 2.75) is 18.9 Å². The maximum Gasteiger partial charge on any atom is 0.261 e. The summed E-state index contributed by atoms with van der Waals surface area (Å²) < 4.78 is 28.7. The number of halogens is 2. The van der Waals surface area contributed by atoms with E-state index in [0.717, 1.165) is 16.3 Å². The standard InChI is InChI=1S/C15H17F2NO/c16-15(17)10-19-9-8-14(18)13-7-3-5-11-4-1-2-6-12(11)13/h1-7,14-15H,8-10,18H2. The van der Waals surface area contributed by atoms with Crippen LogP contribution in [0.5, 0.6) is 0 Å². The number of hydrogen-bond donors (Lipinski definition) is 1. The van der Waals surface area contributed by atoms with Crippen LogP contribution in [0.2, 0.25) is 0 Å². The van der Waals surface area contributed by atoms with Crippen molar-refractivity contribution < 1.29 is 13.5 Å². The Labute approximate surface area is 111 Å². The van der Waals surface area contributed by atoms with Crippen LogP contribution in [-0.4, -0.2) is 19.6 Å². The van der Waals surface area contributed by atoms with Gasteiger partial charge in [-0.1, -0.05) is 42.5 Å². The van der Waals surface area contributed by atoms with Gasteiger partial charge in [0.2, 0.25) is 0 Å². The fourth-order valence-corrected chi connectivity index (χ4v) is 2.11. The van der Waals surface area contributed by atoms with Crippen LogP contribution < -0.4 is 5.73 Å². The lowest BCUT2D eigenvalue weighted by Gasteiger charge is -2.14. The number of fused-ring (bicyclic) bond motifs is 1. The van der Waals surface area contributed by atoms with Crippen molar-refractivity contribution in [2.24, 2.45) is 5.73 Å². The van der Waals surface area contributed by atoms with E-state index in [1.165, 1.54) is 0 Å². The molecule has 0 spiro atoms. The smallest absolute Gasteiger partial charge is 0.261 e. The molecule has 0 saturated carbocycles. The summed E-state index contributed by atoms with van der Waals surface area (Å²) in [5, 5.41) is 2.23. The van der Waals surface area contributed by atoms with E-state index in [9.17, 15) is 8.78 Å². The third-order valence-electron chi connectivity index (χ3n) is 3.04. The van der Waals surface area contributed by atoms with Crippen LogP contribution in [0, 0.1) is 0 Å². The molecule has 0 aliphatic carbocycles. The van der Waals surface area contributed by atoms with E-state index < -0.39 is 13.0 Å². The zero-order valence-electron chi connectivity index (χ0n) is 10.6. The predicted molar refractivity (Wildman–Crippen MR) is 72.3 cm³/mol. The summed E-state index contributed by atoms with van der Waals surface area (Å²) in [4.78, 5) is 0. The fourth-order valence-electron chi connectivity index (χ4n) is 2.11. The quantitative estimate of drug-likeness (QED) is 0.811. The number of nitrogens with two attached hydrogens (primary N) is 1. The molecule has 2 N–H and O–H groups in total. The molecule has 2 nitrogen and oxygen atoms in total. The molecular weight excluding hydrogens is 248 g/mol. The molecule has 1 atom stereocenters. The van der Waals surface area contributed by atoms with E-state index in [4.69, 9.17) is 10.5 Å². The Bertz CT molecular complexity index is 525. The van der Waals surface area contributed by atoms with Crippen molar-refractivity contribution in [1.82, 2.24) is 0 Å². The van der Waals surface area contributed by atoms with Crippen LogP contribution in [0.3, 0.4) is 0 Å². The molecule has 0 aliphatic rings. The fraction of sp³-hybridized carbons (Fsp3) is 0.333. The van der Waals surface area contributed by atoms with Gasteiger partial charge in [-0.15, -0.1) is 0 Å². The first-order chi connectivity index (χ1) is 9.18. The third kappa shape index (κ3) is 3.72. The number of alkyl halides is 2. The van der Waals surface area contributed by atoms with Crippen molar-refractivity contribution in [1.29, 1.82) is 0 Å². The normalized spacial score (nSPS) is 13.1. The van der Waals surface area contributed by atoms with Crippen molar-refractivity contribution >= 4 is 10.8 Å². The van der Waals surface area contributed by atoms with Crippen LogP contribution in [0.15, 0.2) is 42.5 Å². The molecule has 0 fully saturated rings. The Morgan fingerprint density at radius 2 is 1.79 bits per heavy atom. The van der Waals surface area contributed by atoms with Crippen LogP contribution in [0.1, 0.15) is 18.0 Å². The summed E-state index contributed by atoms with van der Waals surface area (Å²) in [6.45, 7) is -0.281. The van der Waals surface area contributed by atoms with Crippen LogP contribution in [0.25, 0.3) is 10.8 Å². The van der Waals surface area contributed by atoms with E-state index >= 15 is 0 Å². The molecular formula is C15H17F2NO. The first-order valence-electron chi connectivity index (χ1n) is 6.27. The van der Waals surface area contributed by atoms with Gasteiger partial charge in [0.1, 0.15) is 6.61 Å². The van der Waals surface area contributed by atoms with E-state index in [1.54, 1.807) is 0 Å². The maximum absolute atomic E-state index is 11.9. The lowest BCUT2D eigenvalue weighted by molar-refractivity contribution is 0.0152. The van der Waals surface area contributed by atoms with Crippen molar-refractivity contribution in [3.8, 4) is 0 Å². The second-order valence-electron chi connectivity index (χ2n) is 4.43. The maximum atomic E-state index is 11.9. The Morgan fingerprint density at radius 1 is 1.05 bits per heavy atom. The molecule has 0 saturated heterocycles. The van der Waals surface area contributed by atoms with E-state index in [-0.39, 0.29) is 12.6 Å². The second kappa shape index (κ2) is 6.59. The Balaban J connectivity index is 2.03. The van der Waals surface area contributed by atoms with Gasteiger partial charge >= 0.3 is 0 Å². The summed E-state index contributed by atoms with van der Waals surface area (Å²) in [7, 11) is 0. The minimum atomic E-state index is -2.42. The third-order valence-corrected chi connectivity index (χ3v) is 3.04. The topological polar surface area (TPSA) is 35.2 Å². The lowest BCUT2D eigenvalue weighted by atomic mass is 9.98. The summed E-state index contributed by atoms with van der Waals surface area (Å²) >= 11 is 0. The molecule has 0 bridgehead atoms. The van der Waals surface area contributed by atoms with Gasteiger partial charge in [-0.25, -0.2) is 8.78 Å². The first kappa shape index (κ1) is 13.9. The van der Waals surface area contributed by atoms with Crippen LogP contribution >= 0.6 is 0 Å². The van der Waals surface area contributed by atoms with Gasteiger partial charge in [0, 0.05) is 12.6 Å². The van der Waals surface area contributed by atoms with Crippen molar-refractivity contribution in [3.05, 3.63) is 48.0 Å². The zero-order chi connectivity index (χ0) is 13.7. The average Bonchev–Trinajstić information content (AvgIpc) is 2.42. The minimum Gasteiger partial charge on any atom is -0.375 e. The monoisotopic (exact) mass is 265 g/mol. The summed E-state index contributed by atoms with van der Waals surface area (Å²) in [6.07, 6.45) is -1.89. The van der Waals surface area contributed by atoms with E-state index in [0.29, 0.717) is 6.42 Å². The summed E-state index contributed by atoms with van der Waals surface area (Å²) in [6, 6.07) is 13.7. The second-order valence-corrected chi connectivity index (χ2v) is 4.43. The Hall–Kier alpha value is -1.52. The van der Waals surface area contributed by atoms with Gasteiger partial charge in [-0.3, -0.25) is 0 Å². The van der Waals surface area contributed by atoms with Crippen LogP contribution in [0.4, 0.5) is 8.78 Å². The number of benzene rings is 2. The molecule has 0 radical (unpaired) electrons. The largest absolute Gasteiger partial charge is 0.375 e. The molecule has 1 unspecified atom stereocenters. The molecule has 2 rings (SSSR count). The summed E-state index contributed by atoms with van der Waals surface area (Å²) in [5.74, 6) is 0. The van der Waals surface area contributed by atoms with Gasteiger partial charge in [-0.2, -0.15) is 0 Å². The van der Waals surface area contributed by atoms with Gasteiger partial charge in [0.05, 0.1) is 0 Å². The molecule has 0 amide bonds. The predicted octanol–water partition coefficient (Wildman–Crippen LogP) is 3.51. The first-order valence-corrected chi connectivity index (χ1v) is 6.27. The van der Waals surface area contributed by atoms with E-state index in [1.807, 2.05) is 42.5 Å². The average molecular weight is 265 g/mol. The van der Waals surface area contributed by atoms with Gasteiger partial charge in [0.15, 0.2) is 0 Å². The molecule has 2 aromatic carbocycles. The number of ether oxygens (including phenoxy) is 1. The highest BCUT2D eigenvalue weighted by atomic mass is 19.3. The Kier molecular flexibility index (Phi) is 4.82. The molecule has 0 aromatic heterocycles. The van der Waals surface area contributed by atoms with Gasteiger partial charge in [0.25, 0.3) is 6.43 Å². The SMILES string of the molecule is NC(CCOCC(F)F)c1cccc2ccccc12. The number of rotatable bonds is 6. The Morgan fingerprint density at radius 3 is 2.58 bits per heavy atom. The molecule has 0 aliphatic heterocycles. The van der Waals surface area contributed by atoms with Gasteiger partial charge in [-0.05, 0) is 22.8 Å². The molecule has 19 heavy (non-hydrogen) atoms. The zero-order valence-corrected chi connectivity index (χ0v) is 10.6. The highest BCUT2D eigenvalue weighted by Gasteiger charge is 2.10. The molecule has 102 valence electrons. The molecule has 2 aromatic rings. The van der Waals surface area contributed by atoms with Crippen molar-refractivity contribution in [2.75, 3.05) is 13.2 Å². The minimum absolute atomic E-state index is 0.205. The van der Waals surface area contributed by atoms with Crippen LogP contribution in [-0.2, 0) is 4.74 Å². The van der Waals surface area contributed by atoms with Crippen molar-refractivity contribution in [3.63, 3.8) is 0 Å². The lowest BCUT2D eigenvalue weighted by Crippen LogP contribution is -2.15. The van der Waals surface area contributed by atoms with E-state index in [2.05, 4.69) is 0 Å². The van der Waals surface area contributed by atoms with Gasteiger partial charge < -0.3 is 10.5 Å². The number of hydrogen-bond acceptors (Lipinski definition) is 2. The highest BCUT2D eigenvalue weighted by Crippen LogP contribution is 2.24. The molecule has 4 heteroatoms. The summed E-state index contributed by atoms with van der Waals surface area (Å²) in [5.41, 5.74) is 7.14. The highest BCUT2D eigenvalue weighted by molar-refractivity contribution is 5.86. The molecule has 0 heterocycles.